The number of hydrogen-bond acceptors (Lipinski definition) is 3. The summed E-state index contributed by atoms with van der Waals surface area (Å²) in [6, 6.07) is 7.01. The molecule has 5 nitrogen and oxygen atoms in total. The third kappa shape index (κ3) is 4.08. The van der Waals surface area contributed by atoms with E-state index in [0.717, 1.165) is 0 Å². The molecule has 1 atom stereocenters. The van der Waals surface area contributed by atoms with Gasteiger partial charge in [-0.05, 0) is 5.56 Å². The van der Waals surface area contributed by atoms with E-state index in [1.165, 1.54) is 0 Å². The van der Waals surface area contributed by atoms with Crippen molar-refractivity contribution in [1.29, 1.82) is 0 Å². The van der Waals surface area contributed by atoms with Crippen molar-refractivity contribution in [1.82, 2.24) is 5.43 Å². The summed E-state index contributed by atoms with van der Waals surface area (Å²) >= 11 is 0. The fraction of sp³-hybridized carbons (Fsp3) is 0.133. The van der Waals surface area contributed by atoms with Gasteiger partial charge < -0.3 is 5.11 Å². The molecule has 0 aromatic heterocycles. The topological polar surface area (TPSA) is 74.0 Å². The lowest BCUT2D eigenvalue weighted by atomic mass is 10.1. The van der Waals surface area contributed by atoms with Gasteiger partial charge in [-0.2, -0.15) is 0 Å². The van der Waals surface area contributed by atoms with Gasteiger partial charge >= 0.3 is 5.97 Å². The summed E-state index contributed by atoms with van der Waals surface area (Å²) in [6.45, 7) is 0. The standard InChI is InChI=1S/C15H10F5N3O2/c16-9-10(17)12(19)14(13(20)11(9)18)22-23-21-8(15(24)25)6-7-4-2-1-3-5-7/h1-5,8H,6H2,(H,21,22)(H,24,25). The third-order valence-electron chi connectivity index (χ3n) is 3.13. The zero-order valence-corrected chi connectivity index (χ0v) is 12.3. The van der Waals surface area contributed by atoms with Crippen molar-refractivity contribution in [2.24, 2.45) is 10.3 Å². The molecule has 0 saturated carbocycles. The fourth-order valence-electron chi connectivity index (χ4n) is 1.87. The molecule has 2 aromatic carbocycles. The number of rotatable bonds is 6. The molecule has 2 rings (SSSR count). The van der Waals surface area contributed by atoms with Crippen LogP contribution in [0.5, 0.6) is 0 Å². The van der Waals surface area contributed by atoms with Crippen LogP contribution in [-0.2, 0) is 11.2 Å². The number of carboxylic acid groups (broad SMARTS) is 1. The molecule has 0 bridgehead atoms. The average molecular weight is 359 g/mol. The highest BCUT2D eigenvalue weighted by Crippen LogP contribution is 2.29. The Hall–Kier alpha value is -3.04. The van der Waals surface area contributed by atoms with Gasteiger partial charge in [0.05, 0.1) is 0 Å². The largest absolute Gasteiger partial charge is 0.480 e. The van der Waals surface area contributed by atoms with Crippen molar-refractivity contribution in [3.63, 3.8) is 0 Å². The normalized spacial score (nSPS) is 12.4. The van der Waals surface area contributed by atoms with Gasteiger partial charge in [0, 0.05) is 6.42 Å². The Bertz CT molecular complexity index is 786. The first kappa shape index (κ1) is 18.3. The molecule has 0 aliphatic rings. The predicted molar refractivity (Wildman–Crippen MR) is 75.5 cm³/mol. The summed E-state index contributed by atoms with van der Waals surface area (Å²) in [5.74, 6) is -12.4. The zero-order valence-electron chi connectivity index (χ0n) is 12.3. The van der Waals surface area contributed by atoms with Crippen LogP contribution in [0.25, 0.3) is 0 Å². The van der Waals surface area contributed by atoms with Crippen molar-refractivity contribution < 1.29 is 31.9 Å². The summed E-state index contributed by atoms with van der Waals surface area (Å²) in [5, 5.41) is 15.0. The highest BCUT2D eigenvalue weighted by Gasteiger charge is 2.26. The molecule has 1 unspecified atom stereocenters. The average Bonchev–Trinajstić information content (AvgIpc) is 2.61. The number of carbonyl (C=O) groups is 1. The van der Waals surface area contributed by atoms with Crippen LogP contribution in [0, 0.1) is 29.1 Å². The van der Waals surface area contributed by atoms with E-state index in [2.05, 4.69) is 10.3 Å². The molecule has 0 spiro atoms. The van der Waals surface area contributed by atoms with Crippen LogP contribution in [0.15, 0.2) is 40.7 Å². The quantitative estimate of drug-likeness (QED) is 0.272. The minimum absolute atomic E-state index is 0.0493. The van der Waals surface area contributed by atoms with Gasteiger partial charge in [0.15, 0.2) is 29.0 Å². The molecule has 2 aromatic rings. The Morgan fingerprint density at radius 2 is 1.48 bits per heavy atom. The lowest BCUT2D eigenvalue weighted by Gasteiger charge is -2.11. The van der Waals surface area contributed by atoms with E-state index in [9.17, 15) is 26.7 Å². The Labute approximate surface area is 137 Å². The van der Waals surface area contributed by atoms with E-state index in [1.54, 1.807) is 30.3 Å². The lowest BCUT2D eigenvalue weighted by Crippen LogP contribution is -2.35. The highest BCUT2D eigenvalue weighted by molar-refractivity contribution is 5.73. The van der Waals surface area contributed by atoms with Gasteiger partial charge in [0.2, 0.25) is 5.82 Å². The minimum atomic E-state index is -2.32. The molecule has 0 aliphatic heterocycles. The molecule has 0 saturated heterocycles. The maximum atomic E-state index is 13.4. The molecule has 2 N–H and O–H groups in total. The van der Waals surface area contributed by atoms with Crippen molar-refractivity contribution >= 4 is 11.7 Å². The summed E-state index contributed by atoms with van der Waals surface area (Å²) < 4.78 is 65.8. The van der Waals surface area contributed by atoms with Crippen molar-refractivity contribution in [2.45, 2.75) is 12.5 Å². The maximum Gasteiger partial charge on any atom is 0.328 e. The second-order valence-electron chi connectivity index (χ2n) is 4.83. The van der Waals surface area contributed by atoms with Crippen LogP contribution in [0.1, 0.15) is 5.56 Å². The number of nitrogens with one attached hydrogen (secondary N) is 1. The highest BCUT2D eigenvalue weighted by atomic mass is 19.2. The number of benzene rings is 2. The molecule has 25 heavy (non-hydrogen) atoms. The number of aliphatic carboxylic acids is 1. The van der Waals surface area contributed by atoms with Crippen LogP contribution in [0.4, 0.5) is 27.6 Å². The van der Waals surface area contributed by atoms with Crippen LogP contribution in [0.3, 0.4) is 0 Å². The monoisotopic (exact) mass is 359 g/mol. The van der Waals surface area contributed by atoms with Crippen LogP contribution in [0.2, 0.25) is 0 Å². The molecule has 0 radical (unpaired) electrons. The van der Waals surface area contributed by atoms with Gasteiger partial charge in [-0.25, -0.2) is 26.7 Å². The third-order valence-corrected chi connectivity index (χ3v) is 3.13. The van der Waals surface area contributed by atoms with Crippen LogP contribution < -0.4 is 5.43 Å². The summed E-state index contributed by atoms with van der Waals surface area (Å²) in [4.78, 5) is 11.2. The Balaban J connectivity index is 2.20. The number of carboxylic acids is 1. The van der Waals surface area contributed by atoms with Crippen molar-refractivity contribution in [2.75, 3.05) is 0 Å². The smallest absolute Gasteiger partial charge is 0.328 e. The first-order valence-electron chi connectivity index (χ1n) is 6.77. The minimum Gasteiger partial charge on any atom is -0.480 e. The second kappa shape index (κ2) is 7.69. The predicted octanol–water partition coefficient (Wildman–Crippen LogP) is 3.67. The first-order valence-corrected chi connectivity index (χ1v) is 6.77. The summed E-state index contributed by atoms with van der Waals surface area (Å²) in [6.07, 6.45) is -0.0493. The van der Waals surface area contributed by atoms with E-state index in [4.69, 9.17) is 5.11 Å². The van der Waals surface area contributed by atoms with E-state index >= 15 is 0 Å². The van der Waals surface area contributed by atoms with Gasteiger partial charge in [0.25, 0.3) is 0 Å². The molecule has 10 heteroatoms. The number of hydrogen-bond donors (Lipinski definition) is 2. The SMILES string of the molecule is O=C(O)C(Cc1ccccc1)NN=Nc1c(F)c(F)c(F)c(F)c1F. The van der Waals surface area contributed by atoms with Crippen LogP contribution >= 0.6 is 0 Å². The van der Waals surface area contributed by atoms with Gasteiger partial charge in [-0.15, -0.1) is 5.11 Å². The van der Waals surface area contributed by atoms with Gasteiger partial charge in [0.1, 0.15) is 6.04 Å². The van der Waals surface area contributed by atoms with E-state index in [1.807, 2.05) is 5.43 Å². The first-order chi connectivity index (χ1) is 11.8. The zero-order chi connectivity index (χ0) is 18.6. The van der Waals surface area contributed by atoms with E-state index in [-0.39, 0.29) is 6.42 Å². The molecule has 0 fully saturated rings. The summed E-state index contributed by atoms with van der Waals surface area (Å²) in [5.41, 5.74) is 1.11. The molecule has 0 aliphatic carbocycles. The number of halogens is 5. The maximum absolute atomic E-state index is 13.4. The Morgan fingerprint density at radius 1 is 0.960 bits per heavy atom. The molecule has 0 amide bonds. The molecule has 0 heterocycles. The lowest BCUT2D eigenvalue weighted by molar-refractivity contribution is -0.139. The second-order valence-corrected chi connectivity index (χ2v) is 4.83. The molecular weight excluding hydrogens is 349 g/mol. The Kier molecular flexibility index (Phi) is 5.63. The van der Waals surface area contributed by atoms with Crippen molar-refractivity contribution in [3.8, 4) is 0 Å². The van der Waals surface area contributed by atoms with Crippen molar-refractivity contribution in [3.05, 3.63) is 65.0 Å². The summed E-state index contributed by atoms with van der Waals surface area (Å²) in [7, 11) is 0. The van der Waals surface area contributed by atoms with Crippen LogP contribution in [-0.4, -0.2) is 17.1 Å². The Morgan fingerprint density at radius 3 is 2.00 bits per heavy atom. The number of nitrogens with zero attached hydrogens (tertiary/aromatic N) is 2. The molecular formula is C15H10F5N3O2. The van der Waals surface area contributed by atoms with E-state index in [0.29, 0.717) is 5.56 Å². The molecule has 132 valence electrons. The van der Waals surface area contributed by atoms with Gasteiger partial charge in [-0.3, -0.25) is 5.43 Å². The fourth-order valence-corrected chi connectivity index (χ4v) is 1.87. The van der Waals surface area contributed by atoms with Gasteiger partial charge in [-0.1, -0.05) is 35.6 Å². The van der Waals surface area contributed by atoms with E-state index < -0.39 is 46.8 Å².